The van der Waals surface area contributed by atoms with E-state index in [9.17, 15) is 13.2 Å². The van der Waals surface area contributed by atoms with Gasteiger partial charge in [-0.2, -0.15) is 18.3 Å². The van der Waals surface area contributed by atoms with Gasteiger partial charge in [0.15, 0.2) is 5.82 Å². The lowest BCUT2D eigenvalue weighted by atomic mass is 9.89. The summed E-state index contributed by atoms with van der Waals surface area (Å²) >= 11 is 0. The first kappa shape index (κ1) is 17.1. The molecule has 0 fully saturated rings. The molecule has 0 amide bonds. The van der Waals surface area contributed by atoms with Gasteiger partial charge >= 0.3 is 6.18 Å². The summed E-state index contributed by atoms with van der Waals surface area (Å²) in [5.41, 5.74) is 0.884. The molecule has 0 unspecified atom stereocenters. The molecular weight excluding hydrogens is 331 g/mol. The molecule has 0 aliphatic rings. The van der Waals surface area contributed by atoms with Crippen LogP contribution < -0.4 is 0 Å². The van der Waals surface area contributed by atoms with E-state index < -0.39 is 11.9 Å². The van der Waals surface area contributed by atoms with Crippen molar-refractivity contribution in [1.29, 1.82) is 0 Å². The Kier molecular flexibility index (Phi) is 4.06. The molecule has 5 nitrogen and oxygen atoms in total. The zero-order valence-electron chi connectivity index (χ0n) is 13.9. The summed E-state index contributed by atoms with van der Waals surface area (Å²) in [4.78, 5) is 13.0. The van der Waals surface area contributed by atoms with Crippen molar-refractivity contribution in [2.75, 3.05) is 0 Å². The number of pyridine rings is 1. The quantitative estimate of drug-likeness (QED) is 0.753. The number of H-pyrrole nitrogens is 1. The van der Waals surface area contributed by atoms with Crippen LogP contribution >= 0.6 is 0 Å². The third kappa shape index (κ3) is 3.67. The molecule has 0 saturated carbocycles. The minimum absolute atomic E-state index is 0.0726. The van der Waals surface area contributed by atoms with E-state index in [4.69, 9.17) is 0 Å². The molecule has 0 aromatic carbocycles. The van der Waals surface area contributed by atoms with E-state index in [1.165, 1.54) is 0 Å². The summed E-state index contributed by atoms with van der Waals surface area (Å²) in [5.74, 6) is 0.404. The van der Waals surface area contributed by atoms with Gasteiger partial charge in [-0.05, 0) is 29.2 Å². The van der Waals surface area contributed by atoms with Crippen molar-refractivity contribution in [2.24, 2.45) is 0 Å². The lowest BCUT2D eigenvalue weighted by Gasteiger charge is -2.17. The third-order valence-electron chi connectivity index (χ3n) is 3.64. The van der Waals surface area contributed by atoms with Crippen LogP contribution in [-0.2, 0) is 11.6 Å². The number of nitrogens with zero attached hydrogens (tertiary/aromatic N) is 4. The van der Waals surface area contributed by atoms with Gasteiger partial charge in [-0.15, -0.1) is 0 Å². The van der Waals surface area contributed by atoms with Crippen molar-refractivity contribution < 1.29 is 13.2 Å². The number of alkyl halides is 3. The summed E-state index contributed by atoms with van der Waals surface area (Å²) < 4.78 is 38.1. The van der Waals surface area contributed by atoms with Crippen molar-refractivity contribution in [3.63, 3.8) is 0 Å². The van der Waals surface area contributed by atoms with Crippen molar-refractivity contribution in [3.05, 3.63) is 47.9 Å². The van der Waals surface area contributed by atoms with Gasteiger partial charge in [0, 0.05) is 12.4 Å². The summed E-state index contributed by atoms with van der Waals surface area (Å²) in [6.07, 6.45) is -1.02. The van der Waals surface area contributed by atoms with Crippen LogP contribution in [0, 0.1) is 0 Å². The second-order valence-corrected chi connectivity index (χ2v) is 6.62. The standard InChI is InChI=1S/C17H16F3N5/c1-16(2,3)10-8-21-15(22-9-10)12-6-4-5-11(23-12)13-7-14(25-24-13)17(18,19)20/h4-9H,1-3H3,(H,24,25). The van der Waals surface area contributed by atoms with E-state index in [1.54, 1.807) is 30.6 Å². The fourth-order valence-corrected chi connectivity index (χ4v) is 2.15. The Morgan fingerprint density at radius 2 is 1.56 bits per heavy atom. The maximum absolute atomic E-state index is 12.7. The lowest BCUT2D eigenvalue weighted by molar-refractivity contribution is -0.141. The van der Waals surface area contributed by atoms with Crippen LogP contribution in [0.3, 0.4) is 0 Å². The summed E-state index contributed by atoms with van der Waals surface area (Å²) in [5, 5.41) is 5.67. The molecule has 0 aliphatic heterocycles. The van der Waals surface area contributed by atoms with Crippen molar-refractivity contribution in [1.82, 2.24) is 25.1 Å². The van der Waals surface area contributed by atoms with Crippen LogP contribution in [0.4, 0.5) is 13.2 Å². The predicted molar refractivity (Wildman–Crippen MR) is 86.5 cm³/mol. The molecule has 0 radical (unpaired) electrons. The molecule has 25 heavy (non-hydrogen) atoms. The fraction of sp³-hybridized carbons (Fsp3) is 0.294. The molecule has 3 rings (SSSR count). The second-order valence-electron chi connectivity index (χ2n) is 6.62. The van der Waals surface area contributed by atoms with Crippen LogP contribution in [0.2, 0.25) is 0 Å². The summed E-state index contributed by atoms with van der Waals surface area (Å²) in [7, 11) is 0. The molecule has 0 saturated heterocycles. The lowest BCUT2D eigenvalue weighted by Crippen LogP contribution is -2.12. The molecule has 0 spiro atoms. The van der Waals surface area contributed by atoms with Gasteiger partial charge in [-0.3, -0.25) is 5.10 Å². The second kappa shape index (κ2) is 5.94. The van der Waals surface area contributed by atoms with Crippen LogP contribution in [0.25, 0.3) is 22.9 Å². The van der Waals surface area contributed by atoms with E-state index in [0.717, 1.165) is 11.6 Å². The summed E-state index contributed by atoms with van der Waals surface area (Å²) in [6.45, 7) is 6.17. The zero-order valence-corrected chi connectivity index (χ0v) is 13.9. The Morgan fingerprint density at radius 3 is 2.12 bits per heavy atom. The Bertz CT molecular complexity index is 876. The number of hydrogen-bond acceptors (Lipinski definition) is 4. The SMILES string of the molecule is CC(C)(C)c1cnc(-c2cccc(-c3cc(C(F)(F)F)[nH]n3)n2)nc1. The molecular formula is C17H16F3N5. The molecule has 8 heteroatoms. The normalized spacial score (nSPS) is 12.4. The van der Waals surface area contributed by atoms with Gasteiger partial charge in [0.25, 0.3) is 0 Å². The Morgan fingerprint density at radius 1 is 0.920 bits per heavy atom. The van der Waals surface area contributed by atoms with E-state index in [0.29, 0.717) is 17.2 Å². The molecule has 1 N–H and O–H groups in total. The van der Waals surface area contributed by atoms with Crippen LogP contribution in [0.1, 0.15) is 32.0 Å². The predicted octanol–water partition coefficient (Wildman–Crippen LogP) is 4.25. The van der Waals surface area contributed by atoms with Gasteiger partial charge < -0.3 is 0 Å². The molecule has 0 aliphatic carbocycles. The zero-order chi connectivity index (χ0) is 18.2. The van der Waals surface area contributed by atoms with E-state index in [-0.39, 0.29) is 11.1 Å². The maximum atomic E-state index is 12.7. The van der Waals surface area contributed by atoms with Gasteiger partial charge in [0.05, 0.1) is 5.69 Å². The van der Waals surface area contributed by atoms with Gasteiger partial charge in [-0.25, -0.2) is 15.0 Å². The first-order valence-corrected chi connectivity index (χ1v) is 7.57. The highest BCUT2D eigenvalue weighted by atomic mass is 19.4. The molecule has 3 aromatic heterocycles. The molecule has 0 atom stereocenters. The van der Waals surface area contributed by atoms with Gasteiger partial charge in [0.2, 0.25) is 0 Å². The van der Waals surface area contributed by atoms with Crippen molar-refractivity contribution in [2.45, 2.75) is 32.4 Å². The fourth-order valence-electron chi connectivity index (χ4n) is 2.15. The minimum Gasteiger partial charge on any atom is -0.273 e. The monoisotopic (exact) mass is 347 g/mol. The van der Waals surface area contributed by atoms with Gasteiger partial charge in [0.1, 0.15) is 17.1 Å². The minimum atomic E-state index is -4.48. The Balaban J connectivity index is 1.93. The maximum Gasteiger partial charge on any atom is 0.432 e. The average molecular weight is 347 g/mol. The molecule has 130 valence electrons. The molecule has 3 heterocycles. The van der Waals surface area contributed by atoms with E-state index in [2.05, 4.69) is 40.8 Å². The summed E-state index contributed by atoms with van der Waals surface area (Å²) in [6, 6.07) is 5.90. The smallest absolute Gasteiger partial charge is 0.273 e. The van der Waals surface area contributed by atoms with Crippen molar-refractivity contribution in [3.8, 4) is 22.9 Å². The Labute approximate surface area is 142 Å². The van der Waals surface area contributed by atoms with E-state index >= 15 is 0 Å². The molecule has 0 bridgehead atoms. The van der Waals surface area contributed by atoms with Crippen molar-refractivity contribution >= 4 is 0 Å². The number of aromatic nitrogens is 5. The van der Waals surface area contributed by atoms with Gasteiger partial charge in [-0.1, -0.05) is 26.8 Å². The van der Waals surface area contributed by atoms with Crippen LogP contribution in [-0.4, -0.2) is 25.1 Å². The number of rotatable bonds is 2. The molecule has 3 aromatic rings. The number of aromatic amines is 1. The van der Waals surface area contributed by atoms with E-state index in [1.807, 2.05) is 5.10 Å². The van der Waals surface area contributed by atoms with Crippen LogP contribution in [0.5, 0.6) is 0 Å². The number of halogens is 3. The number of nitrogens with one attached hydrogen (secondary N) is 1. The first-order valence-electron chi connectivity index (χ1n) is 7.57. The highest BCUT2D eigenvalue weighted by molar-refractivity contribution is 5.60. The first-order chi connectivity index (χ1) is 11.6. The van der Waals surface area contributed by atoms with Crippen LogP contribution in [0.15, 0.2) is 36.7 Å². The highest BCUT2D eigenvalue weighted by Crippen LogP contribution is 2.30. The highest BCUT2D eigenvalue weighted by Gasteiger charge is 2.33. The topological polar surface area (TPSA) is 67.3 Å². The number of hydrogen-bond donors (Lipinski definition) is 1. The Hall–Kier alpha value is -2.77. The average Bonchev–Trinajstić information content (AvgIpc) is 3.05. The third-order valence-corrected chi connectivity index (χ3v) is 3.64. The largest absolute Gasteiger partial charge is 0.432 e.